The van der Waals surface area contributed by atoms with Gasteiger partial charge in [-0.2, -0.15) is 0 Å². The maximum atomic E-state index is 11.5. The Morgan fingerprint density at radius 3 is 2.52 bits per heavy atom. The van der Waals surface area contributed by atoms with Crippen LogP contribution >= 0.6 is 0 Å². The molecule has 4 N–H and O–H groups in total. The molecule has 1 rings (SSSR count). The SMILES string of the molecule is CCNC(=O)CCNC(=O)NCc1cc(C(=O)O)c(C)o1. The molecule has 0 aliphatic carbocycles. The molecule has 0 bridgehead atoms. The zero-order valence-corrected chi connectivity index (χ0v) is 12.0. The van der Waals surface area contributed by atoms with Crippen molar-refractivity contribution >= 4 is 17.9 Å². The van der Waals surface area contributed by atoms with Crippen LogP contribution in [-0.2, 0) is 11.3 Å². The number of carboxylic acids is 1. The molecule has 1 aromatic heterocycles. The number of hydrogen-bond acceptors (Lipinski definition) is 4. The first-order valence-electron chi connectivity index (χ1n) is 6.55. The van der Waals surface area contributed by atoms with Gasteiger partial charge in [0.15, 0.2) is 0 Å². The fraction of sp³-hybridized carbons (Fsp3) is 0.462. The zero-order valence-electron chi connectivity index (χ0n) is 12.0. The number of aromatic carboxylic acids is 1. The molecular weight excluding hydrogens is 278 g/mol. The highest BCUT2D eigenvalue weighted by Crippen LogP contribution is 2.14. The quantitative estimate of drug-likeness (QED) is 0.587. The van der Waals surface area contributed by atoms with Crippen LogP contribution in [0.1, 0.15) is 35.2 Å². The summed E-state index contributed by atoms with van der Waals surface area (Å²) in [5, 5.41) is 16.5. The highest BCUT2D eigenvalue weighted by Gasteiger charge is 2.14. The number of hydrogen-bond donors (Lipinski definition) is 4. The van der Waals surface area contributed by atoms with Gasteiger partial charge in [0.1, 0.15) is 17.1 Å². The average Bonchev–Trinajstić information content (AvgIpc) is 2.78. The van der Waals surface area contributed by atoms with Crippen LogP contribution in [0.4, 0.5) is 4.79 Å². The summed E-state index contributed by atoms with van der Waals surface area (Å²) >= 11 is 0. The van der Waals surface area contributed by atoms with Crippen molar-refractivity contribution < 1.29 is 23.9 Å². The van der Waals surface area contributed by atoms with Gasteiger partial charge in [0.2, 0.25) is 5.91 Å². The fourth-order valence-corrected chi connectivity index (χ4v) is 1.65. The Kier molecular flexibility index (Phi) is 6.25. The minimum atomic E-state index is -1.08. The van der Waals surface area contributed by atoms with Crippen molar-refractivity contribution in [3.8, 4) is 0 Å². The third kappa shape index (κ3) is 5.55. The molecule has 0 unspecified atom stereocenters. The van der Waals surface area contributed by atoms with Crippen LogP contribution in [0.15, 0.2) is 10.5 Å². The van der Waals surface area contributed by atoms with E-state index in [1.807, 2.05) is 6.92 Å². The molecule has 0 radical (unpaired) electrons. The summed E-state index contributed by atoms with van der Waals surface area (Å²) in [7, 11) is 0. The monoisotopic (exact) mass is 297 g/mol. The van der Waals surface area contributed by atoms with Crippen molar-refractivity contribution in [3.63, 3.8) is 0 Å². The van der Waals surface area contributed by atoms with E-state index >= 15 is 0 Å². The molecule has 1 aromatic rings. The van der Waals surface area contributed by atoms with Gasteiger partial charge in [0, 0.05) is 19.5 Å². The molecule has 1 heterocycles. The molecule has 0 fully saturated rings. The first-order valence-corrected chi connectivity index (χ1v) is 6.55. The Hall–Kier alpha value is -2.51. The lowest BCUT2D eigenvalue weighted by atomic mass is 10.2. The first kappa shape index (κ1) is 16.5. The zero-order chi connectivity index (χ0) is 15.8. The maximum Gasteiger partial charge on any atom is 0.339 e. The standard InChI is InChI=1S/C13H19N3O5/c1-3-14-11(17)4-5-15-13(20)16-7-9-6-10(12(18)19)8(2)21-9/h6H,3-5,7H2,1-2H3,(H,14,17)(H,18,19)(H2,15,16,20). The number of furan rings is 1. The largest absolute Gasteiger partial charge is 0.478 e. The average molecular weight is 297 g/mol. The molecule has 116 valence electrons. The molecule has 8 heteroatoms. The van der Waals surface area contributed by atoms with Crippen molar-refractivity contribution in [2.45, 2.75) is 26.8 Å². The number of aryl methyl sites for hydroxylation is 1. The van der Waals surface area contributed by atoms with Gasteiger partial charge in [0.25, 0.3) is 0 Å². The van der Waals surface area contributed by atoms with E-state index in [2.05, 4.69) is 16.0 Å². The predicted octanol–water partition coefficient (Wildman–Crippen LogP) is 0.612. The van der Waals surface area contributed by atoms with Crippen LogP contribution in [-0.4, -0.2) is 36.1 Å². The van der Waals surface area contributed by atoms with Gasteiger partial charge < -0.3 is 25.5 Å². The summed E-state index contributed by atoms with van der Waals surface area (Å²) in [6, 6.07) is 0.914. The lowest BCUT2D eigenvalue weighted by Gasteiger charge is -2.06. The molecule has 0 atom stereocenters. The first-order chi connectivity index (χ1) is 9.93. The van der Waals surface area contributed by atoms with Crippen molar-refractivity contribution in [1.82, 2.24) is 16.0 Å². The Labute approximate surface area is 121 Å². The van der Waals surface area contributed by atoms with Gasteiger partial charge in [-0.1, -0.05) is 0 Å². The van der Waals surface area contributed by atoms with E-state index < -0.39 is 12.0 Å². The number of carbonyl (C=O) groups is 3. The lowest BCUT2D eigenvalue weighted by Crippen LogP contribution is -2.37. The molecule has 0 aromatic carbocycles. The fourth-order valence-electron chi connectivity index (χ4n) is 1.65. The van der Waals surface area contributed by atoms with E-state index in [1.54, 1.807) is 6.92 Å². The lowest BCUT2D eigenvalue weighted by molar-refractivity contribution is -0.120. The molecular formula is C13H19N3O5. The third-order valence-electron chi connectivity index (χ3n) is 2.63. The van der Waals surface area contributed by atoms with Crippen LogP contribution in [0.2, 0.25) is 0 Å². The van der Waals surface area contributed by atoms with E-state index in [-0.39, 0.29) is 36.7 Å². The molecule has 0 spiro atoms. The van der Waals surface area contributed by atoms with E-state index in [0.717, 1.165) is 0 Å². The molecule has 21 heavy (non-hydrogen) atoms. The minimum Gasteiger partial charge on any atom is -0.478 e. The second-order valence-electron chi connectivity index (χ2n) is 4.30. The molecule has 0 saturated heterocycles. The smallest absolute Gasteiger partial charge is 0.339 e. The molecule has 0 aliphatic heterocycles. The highest BCUT2D eigenvalue weighted by atomic mass is 16.4. The van der Waals surface area contributed by atoms with E-state index in [4.69, 9.17) is 9.52 Å². The van der Waals surface area contributed by atoms with Gasteiger partial charge in [-0.05, 0) is 19.9 Å². The van der Waals surface area contributed by atoms with Gasteiger partial charge in [-0.15, -0.1) is 0 Å². The third-order valence-corrected chi connectivity index (χ3v) is 2.63. The molecule has 0 saturated carbocycles. The van der Waals surface area contributed by atoms with Crippen molar-refractivity contribution in [2.24, 2.45) is 0 Å². The van der Waals surface area contributed by atoms with Crippen molar-refractivity contribution in [1.29, 1.82) is 0 Å². The van der Waals surface area contributed by atoms with Crippen molar-refractivity contribution in [2.75, 3.05) is 13.1 Å². The van der Waals surface area contributed by atoms with Gasteiger partial charge in [-0.25, -0.2) is 9.59 Å². The maximum absolute atomic E-state index is 11.5. The summed E-state index contributed by atoms with van der Waals surface area (Å²) in [5.41, 5.74) is 0.0726. The van der Waals surface area contributed by atoms with Crippen LogP contribution in [0.5, 0.6) is 0 Å². The normalized spacial score (nSPS) is 10.0. The van der Waals surface area contributed by atoms with Crippen LogP contribution < -0.4 is 16.0 Å². The summed E-state index contributed by atoms with van der Waals surface area (Å²) in [6.45, 7) is 4.19. The molecule has 3 amide bonds. The summed E-state index contributed by atoms with van der Waals surface area (Å²) in [4.78, 5) is 33.5. The van der Waals surface area contributed by atoms with E-state index in [0.29, 0.717) is 12.3 Å². The number of urea groups is 1. The second kappa shape index (κ2) is 7.93. The van der Waals surface area contributed by atoms with Crippen LogP contribution in [0.3, 0.4) is 0 Å². The summed E-state index contributed by atoms with van der Waals surface area (Å²) < 4.78 is 5.21. The Morgan fingerprint density at radius 1 is 1.24 bits per heavy atom. The number of amides is 3. The topological polar surface area (TPSA) is 121 Å². The van der Waals surface area contributed by atoms with E-state index in [9.17, 15) is 14.4 Å². The number of carboxylic acid groups (broad SMARTS) is 1. The molecule has 8 nitrogen and oxygen atoms in total. The number of rotatable bonds is 7. The second-order valence-corrected chi connectivity index (χ2v) is 4.30. The number of nitrogens with one attached hydrogen (secondary N) is 3. The number of carbonyl (C=O) groups excluding carboxylic acids is 2. The van der Waals surface area contributed by atoms with Crippen molar-refractivity contribution in [3.05, 3.63) is 23.2 Å². The van der Waals surface area contributed by atoms with Gasteiger partial charge >= 0.3 is 12.0 Å². The van der Waals surface area contributed by atoms with Crippen LogP contribution in [0.25, 0.3) is 0 Å². The Balaban J connectivity index is 2.31. The highest BCUT2D eigenvalue weighted by molar-refractivity contribution is 5.88. The summed E-state index contributed by atoms with van der Waals surface area (Å²) in [5.74, 6) is -0.570. The Morgan fingerprint density at radius 2 is 1.95 bits per heavy atom. The predicted molar refractivity (Wildman–Crippen MR) is 73.9 cm³/mol. The van der Waals surface area contributed by atoms with E-state index in [1.165, 1.54) is 6.07 Å². The van der Waals surface area contributed by atoms with Gasteiger partial charge in [-0.3, -0.25) is 4.79 Å². The molecule has 0 aliphatic rings. The van der Waals surface area contributed by atoms with Crippen LogP contribution in [0, 0.1) is 6.92 Å². The Bertz CT molecular complexity index is 524. The van der Waals surface area contributed by atoms with Gasteiger partial charge in [0.05, 0.1) is 6.54 Å². The minimum absolute atomic E-state index is 0.0705. The summed E-state index contributed by atoms with van der Waals surface area (Å²) in [6.07, 6.45) is 0.199.